The molecule has 1 aromatic heterocycles. The Hall–Kier alpha value is -3.29. The summed E-state index contributed by atoms with van der Waals surface area (Å²) in [5.74, 6) is 0.949. The van der Waals surface area contributed by atoms with Crippen molar-refractivity contribution in [3.05, 3.63) is 60.4 Å². The number of amides is 2. The van der Waals surface area contributed by atoms with Gasteiger partial charge in [0.1, 0.15) is 5.84 Å². The summed E-state index contributed by atoms with van der Waals surface area (Å²) < 4.78 is 1.81. The molecule has 0 aliphatic carbocycles. The maximum atomic E-state index is 12.7. The van der Waals surface area contributed by atoms with Gasteiger partial charge in [-0.3, -0.25) is 0 Å². The van der Waals surface area contributed by atoms with E-state index in [1.54, 1.807) is 6.20 Å². The second-order valence-corrected chi connectivity index (χ2v) is 7.37. The number of hydrazone groups is 1. The Bertz CT molecular complexity index is 890. The van der Waals surface area contributed by atoms with Crippen molar-refractivity contribution in [2.24, 2.45) is 5.10 Å². The molecule has 152 valence electrons. The lowest BCUT2D eigenvalue weighted by molar-refractivity contribution is 0.156. The molecule has 4 rings (SSSR count). The molecule has 1 aromatic carbocycles. The first-order chi connectivity index (χ1) is 14.2. The highest BCUT2D eigenvalue weighted by Crippen LogP contribution is 2.17. The van der Waals surface area contributed by atoms with Gasteiger partial charge in [0.15, 0.2) is 0 Å². The number of likely N-dealkylation sites (N-methyl/N-ethyl adjacent to an activating group) is 1. The van der Waals surface area contributed by atoms with E-state index in [1.807, 2.05) is 59.2 Å². The summed E-state index contributed by atoms with van der Waals surface area (Å²) >= 11 is 0. The average molecular weight is 393 g/mol. The minimum atomic E-state index is -0.0550. The standard InChI is InChI=1S/C21H27N7O/c1-26(19-8-4-12-27(16-19)20-9-3-10-23-25-20)21(29)22-15-17-6-2-7-18(14-17)28-13-5-11-24-28/h2-3,5-7,9,11,13-14,19,23H,4,8,10,12,15-16H2,1H3,(H,22,29)/t19-/m1/s1. The topological polar surface area (TPSA) is 77.8 Å². The fourth-order valence-electron chi connectivity index (χ4n) is 3.73. The van der Waals surface area contributed by atoms with Crippen LogP contribution < -0.4 is 10.7 Å². The maximum absolute atomic E-state index is 12.7. The SMILES string of the molecule is CN(C(=O)NCc1cccc(-n2cccn2)c1)[C@@H]1CCCN(C2=NNCC=C2)C1. The van der Waals surface area contributed by atoms with Gasteiger partial charge in [-0.1, -0.05) is 18.2 Å². The Labute approximate surface area is 170 Å². The van der Waals surface area contributed by atoms with Gasteiger partial charge in [0.25, 0.3) is 0 Å². The summed E-state index contributed by atoms with van der Waals surface area (Å²) in [6.45, 7) is 3.01. The number of carbonyl (C=O) groups is 1. The van der Waals surface area contributed by atoms with Crippen molar-refractivity contribution in [3.63, 3.8) is 0 Å². The highest BCUT2D eigenvalue weighted by molar-refractivity contribution is 5.93. The van der Waals surface area contributed by atoms with Gasteiger partial charge in [0.2, 0.25) is 0 Å². The molecule has 3 heterocycles. The highest BCUT2D eigenvalue weighted by atomic mass is 16.2. The molecule has 1 atom stereocenters. The number of hydrogen-bond donors (Lipinski definition) is 2. The Balaban J connectivity index is 1.33. The quantitative estimate of drug-likeness (QED) is 0.832. The summed E-state index contributed by atoms with van der Waals surface area (Å²) in [5.41, 5.74) is 5.03. The van der Waals surface area contributed by atoms with Gasteiger partial charge in [-0.15, -0.1) is 0 Å². The maximum Gasteiger partial charge on any atom is 0.317 e. The van der Waals surface area contributed by atoms with Crippen LogP contribution in [0.5, 0.6) is 0 Å². The van der Waals surface area contributed by atoms with Gasteiger partial charge >= 0.3 is 6.03 Å². The molecule has 1 fully saturated rings. The van der Waals surface area contributed by atoms with E-state index in [-0.39, 0.29) is 12.1 Å². The number of likely N-dealkylation sites (tertiary alicyclic amines) is 1. The molecule has 0 bridgehead atoms. The zero-order valence-electron chi connectivity index (χ0n) is 16.7. The minimum absolute atomic E-state index is 0.0550. The number of rotatable bonds is 4. The lowest BCUT2D eigenvalue weighted by atomic mass is 10.0. The number of nitrogens with one attached hydrogen (secondary N) is 2. The molecule has 2 aromatic rings. The number of carbonyl (C=O) groups excluding carboxylic acids is 1. The van der Waals surface area contributed by atoms with E-state index < -0.39 is 0 Å². The van der Waals surface area contributed by atoms with Crippen LogP contribution in [-0.4, -0.2) is 64.2 Å². The second kappa shape index (κ2) is 8.81. The largest absolute Gasteiger partial charge is 0.353 e. The molecule has 1 saturated heterocycles. The van der Waals surface area contributed by atoms with E-state index in [2.05, 4.69) is 31.9 Å². The van der Waals surface area contributed by atoms with Crippen molar-refractivity contribution in [1.29, 1.82) is 0 Å². The number of aromatic nitrogens is 2. The summed E-state index contributed by atoms with van der Waals surface area (Å²) in [5, 5.41) is 11.7. The zero-order chi connectivity index (χ0) is 20.1. The van der Waals surface area contributed by atoms with Crippen LogP contribution in [0.25, 0.3) is 5.69 Å². The van der Waals surface area contributed by atoms with E-state index >= 15 is 0 Å². The second-order valence-electron chi connectivity index (χ2n) is 7.37. The molecule has 2 N–H and O–H groups in total. The predicted octanol–water partition coefficient (Wildman–Crippen LogP) is 1.95. The van der Waals surface area contributed by atoms with E-state index in [0.717, 1.165) is 49.6 Å². The van der Waals surface area contributed by atoms with Crippen LogP contribution >= 0.6 is 0 Å². The summed E-state index contributed by atoms with van der Waals surface area (Å²) in [6.07, 6.45) is 9.81. The van der Waals surface area contributed by atoms with Crippen molar-refractivity contribution >= 4 is 11.9 Å². The molecule has 29 heavy (non-hydrogen) atoms. The van der Waals surface area contributed by atoms with Crippen LogP contribution in [0.4, 0.5) is 4.79 Å². The van der Waals surface area contributed by atoms with Crippen LogP contribution in [0.1, 0.15) is 18.4 Å². The van der Waals surface area contributed by atoms with Crippen LogP contribution in [0.2, 0.25) is 0 Å². The number of piperidine rings is 1. The van der Waals surface area contributed by atoms with Gasteiger partial charge in [-0.25, -0.2) is 9.48 Å². The van der Waals surface area contributed by atoms with Crippen molar-refractivity contribution in [2.45, 2.75) is 25.4 Å². The molecule has 2 aliphatic rings. The first-order valence-electron chi connectivity index (χ1n) is 10.0. The van der Waals surface area contributed by atoms with Crippen molar-refractivity contribution in [2.75, 3.05) is 26.7 Å². The lowest BCUT2D eigenvalue weighted by Crippen LogP contribution is -2.52. The Morgan fingerprint density at radius 1 is 1.38 bits per heavy atom. The first-order valence-corrected chi connectivity index (χ1v) is 10.0. The molecule has 2 amide bonds. The lowest BCUT2D eigenvalue weighted by Gasteiger charge is -2.38. The molecule has 0 radical (unpaired) electrons. The number of benzene rings is 1. The molecular weight excluding hydrogens is 366 g/mol. The third kappa shape index (κ3) is 4.59. The van der Waals surface area contributed by atoms with Gasteiger partial charge in [0.05, 0.1) is 18.3 Å². The summed E-state index contributed by atoms with van der Waals surface area (Å²) in [6, 6.07) is 10.0. The fraction of sp³-hybridized carbons (Fsp3) is 0.381. The molecule has 8 heteroatoms. The number of nitrogens with zero attached hydrogens (tertiary/aromatic N) is 5. The van der Waals surface area contributed by atoms with Gasteiger partial charge in [-0.2, -0.15) is 10.2 Å². The van der Waals surface area contributed by atoms with Crippen molar-refractivity contribution < 1.29 is 4.79 Å². The average Bonchev–Trinajstić information content (AvgIpc) is 3.33. The van der Waals surface area contributed by atoms with Crippen LogP contribution in [0, 0.1) is 0 Å². The van der Waals surface area contributed by atoms with Crippen LogP contribution in [0.15, 0.2) is 60.0 Å². The summed E-state index contributed by atoms with van der Waals surface area (Å²) in [7, 11) is 1.88. The van der Waals surface area contributed by atoms with Crippen LogP contribution in [-0.2, 0) is 6.54 Å². The molecule has 0 spiro atoms. The smallest absolute Gasteiger partial charge is 0.317 e. The van der Waals surface area contributed by atoms with E-state index in [4.69, 9.17) is 0 Å². The summed E-state index contributed by atoms with van der Waals surface area (Å²) in [4.78, 5) is 16.8. The van der Waals surface area contributed by atoms with E-state index in [0.29, 0.717) is 6.54 Å². The molecular formula is C21H27N7O. The first kappa shape index (κ1) is 19.0. The Morgan fingerprint density at radius 3 is 3.10 bits per heavy atom. The van der Waals surface area contributed by atoms with Crippen molar-refractivity contribution in [3.8, 4) is 5.69 Å². The molecule has 8 nitrogen and oxygen atoms in total. The third-order valence-corrected chi connectivity index (χ3v) is 5.38. The van der Waals surface area contributed by atoms with Gasteiger partial charge in [-0.05, 0) is 42.7 Å². The molecule has 0 saturated carbocycles. The zero-order valence-corrected chi connectivity index (χ0v) is 16.7. The number of amidine groups is 1. The van der Waals surface area contributed by atoms with Crippen molar-refractivity contribution in [1.82, 2.24) is 30.3 Å². The number of urea groups is 1. The third-order valence-electron chi connectivity index (χ3n) is 5.38. The molecule has 0 unspecified atom stereocenters. The van der Waals surface area contributed by atoms with E-state index in [1.165, 1.54) is 0 Å². The predicted molar refractivity (Wildman–Crippen MR) is 113 cm³/mol. The highest BCUT2D eigenvalue weighted by Gasteiger charge is 2.27. The van der Waals surface area contributed by atoms with Gasteiger partial charge < -0.3 is 20.5 Å². The fourth-order valence-corrected chi connectivity index (χ4v) is 3.73. The Kier molecular flexibility index (Phi) is 5.79. The monoisotopic (exact) mass is 393 g/mol. The normalized spacial score (nSPS) is 18.7. The van der Waals surface area contributed by atoms with E-state index in [9.17, 15) is 4.79 Å². The minimum Gasteiger partial charge on any atom is -0.353 e. The molecule has 2 aliphatic heterocycles. The number of hydrogen-bond acceptors (Lipinski definition) is 5. The van der Waals surface area contributed by atoms with Gasteiger partial charge in [0, 0.05) is 39.1 Å². The van der Waals surface area contributed by atoms with Crippen LogP contribution in [0.3, 0.4) is 0 Å². The Morgan fingerprint density at radius 2 is 2.31 bits per heavy atom.